The lowest BCUT2D eigenvalue weighted by molar-refractivity contribution is 0.196. The smallest absolute Gasteiger partial charge is 0.00208 e. The van der Waals surface area contributed by atoms with Gasteiger partial charge in [0.15, 0.2) is 0 Å². The summed E-state index contributed by atoms with van der Waals surface area (Å²) in [6.45, 7) is 4.66. The summed E-state index contributed by atoms with van der Waals surface area (Å²) in [5.74, 6) is 0. The highest BCUT2D eigenvalue weighted by atomic mass is 15.0. The van der Waals surface area contributed by atoms with Gasteiger partial charge in [-0.15, -0.1) is 0 Å². The maximum absolute atomic E-state index is 3.37. The highest BCUT2D eigenvalue weighted by Crippen LogP contribution is 2.30. The molecule has 0 unspecified atom stereocenters. The monoisotopic (exact) mass is 211 g/mol. The van der Waals surface area contributed by atoms with Gasteiger partial charge in [0.2, 0.25) is 0 Å². The zero-order valence-corrected chi connectivity index (χ0v) is 9.66. The summed E-state index contributed by atoms with van der Waals surface area (Å²) in [5.41, 5.74) is 1.95. The van der Waals surface area contributed by atoms with E-state index in [1.54, 1.807) is 0 Å². The number of rotatable bonds is 2. The Balaban J connectivity index is 2.03. The Morgan fingerprint density at radius 3 is 2.56 bits per heavy atom. The van der Waals surface area contributed by atoms with Crippen molar-refractivity contribution in [2.24, 2.45) is 5.41 Å². The standard InChI is InChI=1S/C15H17N/c1-15(10-16-11-15)9-13-7-4-6-12-5-2-3-8-14(12)13/h2-8,16H,9-11H2,1H3. The molecule has 0 amide bonds. The van der Waals surface area contributed by atoms with E-state index in [1.807, 2.05) is 0 Å². The van der Waals surface area contributed by atoms with E-state index in [1.165, 1.54) is 22.8 Å². The van der Waals surface area contributed by atoms with Crippen molar-refractivity contribution in [3.8, 4) is 0 Å². The Morgan fingerprint density at radius 2 is 1.81 bits per heavy atom. The van der Waals surface area contributed by atoms with Crippen molar-refractivity contribution in [1.82, 2.24) is 5.32 Å². The minimum atomic E-state index is 0.462. The van der Waals surface area contributed by atoms with Crippen LogP contribution in [0.25, 0.3) is 10.8 Å². The van der Waals surface area contributed by atoms with Gasteiger partial charge in [-0.1, -0.05) is 49.4 Å². The first-order valence-corrected chi connectivity index (χ1v) is 5.94. The summed E-state index contributed by atoms with van der Waals surface area (Å²) in [4.78, 5) is 0. The molecule has 0 saturated carbocycles. The molecule has 0 aromatic heterocycles. The molecule has 1 N–H and O–H groups in total. The topological polar surface area (TPSA) is 12.0 Å². The molecule has 3 rings (SSSR count). The van der Waals surface area contributed by atoms with Gasteiger partial charge in [-0.3, -0.25) is 0 Å². The predicted octanol–water partition coefficient (Wildman–Crippen LogP) is 2.99. The summed E-state index contributed by atoms with van der Waals surface area (Å²) in [7, 11) is 0. The van der Waals surface area contributed by atoms with Crippen LogP contribution in [0.1, 0.15) is 12.5 Å². The molecule has 16 heavy (non-hydrogen) atoms. The molecule has 0 aliphatic carbocycles. The van der Waals surface area contributed by atoms with E-state index in [0.717, 1.165) is 13.1 Å². The number of nitrogens with one attached hydrogen (secondary N) is 1. The zero-order valence-electron chi connectivity index (χ0n) is 9.66. The molecule has 1 nitrogen and oxygen atoms in total. The predicted molar refractivity (Wildman–Crippen MR) is 68.6 cm³/mol. The summed E-state index contributed by atoms with van der Waals surface area (Å²) in [5, 5.41) is 6.14. The first-order chi connectivity index (χ1) is 7.77. The quantitative estimate of drug-likeness (QED) is 0.805. The van der Waals surface area contributed by atoms with Crippen LogP contribution in [0.2, 0.25) is 0 Å². The van der Waals surface area contributed by atoms with E-state index in [4.69, 9.17) is 0 Å². The third kappa shape index (κ3) is 1.61. The molecular formula is C15H17N. The molecule has 82 valence electrons. The van der Waals surface area contributed by atoms with E-state index in [-0.39, 0.29) is 0 Å². The molecule has 1 heteroatoms. The van der Waals surface area contributed by atoms with Crippen molar-refractivity contribution in [1.29, 1.82) is 0 Å². The van der Waals surface area contributed by atoms with Crippen LogP contribution in [0, 0.1) is 5.41 Å². The fourth-order valence-electron chi connectivity index (χ4n) is 2.58. The summed E-state index contributed by atoms with van der Waals surface area (Å²) < 4.78 is 0. The minimum absolute atomic E-state index is 0.462. The first kappa shape index (κ1) is 9.86. The Labute approximate surface area is 96.5 Å². The van der Waals surface area contributed by atoms with E-state index in [2.05, 4.69) is 54.7 Å². The van der Waals surface area contributed by atoms with Gasteiger partial charge in [-0.2, -0.15) is 0 Å². The third-order valence-corrected chi connectivity index (χ3v) is 3.60. The molecule has 1 saturated heterocycles. The first-order valence-electron chi connectivity index (χ1n) is 5.94. The summed E-state index contributed by atoms with van der Waals surface area (Å²) in [6, 6.07) is 15.3. The number of fused-ring (bicyclic) bond motifs is 1. The maximum atomic E-state index is 3.37. The van der Waals surface area contributed by atoms with Crippen LogP contribution in [0.3, 0.4) is 0 Å². The third-order valence-electron chi connectivity index (χ3n) is 3.60. The van der Waals surface area contributed by atoms with Crippen molar-refractivity contribution in [3.63, 3.8) is 0 Å². The van der Waals surface area contributed by atoms with Gasteiger partial charge in [0.1, 0.15) is 0 Å². The SMILES string of the molecule is CC1(Cc2cccc3ccccc23)CNC1. The van der Waals surface area contributed by atoms with Crippen LogP contribution in [-0.2, 0) is 6.42 Å². The molecule has 1 aliphatic heterocycles. The average molecular weight is 211 g/mol. The second-order valence-corrected chi connectivity index (χ2v) is 5.23. The molecule has 0 atom stereocenters. The van der Waals surface area contributed by atoms with E-state index in [0.29, 0.717) is 5.41 Å². The van der Waals surface area contributed by atoms with Crippen molar-refractivity contribution >= 4 is 10.8 Å². The maximum Gasteiger partial charge on any atom is 0.00208 e. The highest BCUT2D eigenvalue weighted by Gasteiger charge is 2.31. The van der Waals surface area contributed by atoms with E-state index < -0.39 is 0 Å². The van der Waals surface area contributed by atoms with Gasteiger partial charge in [-0.05, 0) is 28.2 Å². The number of hydrogen-bond acceptors (Lipinski definition) is 1. The largest absolute Gasteiger partial charge is 0.316 e. The Morgan fingerprint density at radius 1 is 1.06 bits per heavy atom. The van der Waals surface area contributed by atoms with Crippen molar-refractivity contribution in [2.45, 2.75) is 13.3 Å². The Kier molecular flexibility index (Phi) is 2.22. The molecule has 2 aromatic carbocycles. The molecule has 1 aliphatic rings. The van der Waals surface area contributed by atoms with Crippen LogP contribution in [0.4, 0.5) is 0 Å². The number of benzene rings is 2. The van der Waals surface area contributed by atoms with Crippen molar-refractivity contribution in [3.05, 3.63) is 48.0 Å². The fraction of sp³-hybridized carbons (Fsp3) is 0.333. The van der Waals surface area contributed by atoms with Crippen LogP contribution in [0.15, 0.2) is 42.5 Å². The molecule has 0 bridgehead atoms. The van der Waals surface area contributed by atoms with Crippen molar-refractivity contribution in [2.75, 3.05) is 13.1 Å². The van der Waals surface area contributed by atoms with Gasteiger partial charge >= 0.3 is 0 Å². The molecule has 1 fully saturated rings. The normalized spacial score (nSPS) is 18.3. The highest BCUT2D eigenvalue weighted by molar-refractivity contribution is 5.85. The summed E-state index contributed by atoms with van der Waals surface area (Å²) >= 11 is 0. The second kappa shape index (κ2) is 3.60. The van der Waals surface area contributed by atoms with E-state index in [9.17, 15) is 0 Å². The number of hydrogen-bond donors (Lipinski definition) is 1. The van der Waals surface area contributed by atoms with E-state index >= 15 is 0 Å². The minimum Gasteiger partial charge on any atom is -0.316 e. The molecule has 2 aromatic rings. The van der Waals surface area contributed by atoms with Gasteiger partial charge < -0.3 is 5.32 Å². The van der Waals surface area contributed by atoms with Gasteiger partial charge in [0, 0.05) is 13.1 Å². The van der Waals surface area contributed by atoms with Crippen LogP contribution >= 0.6 is 0 Å². The van der Waals surface area contributed by atoms with Crippen molar-refractivity contribution < 1.29 is 0 Å². The lowest BCUT2D eigenvalue weighted by Gasteiger charge is -2.39. The Bertz CT molecular complexity index is 506. The van der Waals surface area contributed by atoms with Gasteiger partial charge in [-0.25, -0.2) is 0 Å². The lowest BCUT2D eigenvalue weighted by Crippen LogP contribution is -2.52. The zero-order chi connectivity index (χ0) is 11.0. The lowest BCUT2D eigenvalue weighted by atomic mass is 9.77. The average Bonchev–Trinajstić information content (AvgIpc) is 2.27. The van der Waals surface area contributed by atoms with Gasteiger partial charge in [0.25, 0.3) is 0 Å². The molecular weight excluding hydrogens is 194 g/mol. The fourth-order valence-corrected chi connectivity index (χ4v) is 2.58. The van der Waals surface area contributed by atoms with Gasteiger partial charge in [0.05, 0.1) is 0 Å². The molecule has 0 spiro atoms. The molecule has 0 radical (unpaired) electrons. The van der Waals surface area contributed by atoms with Crippen LogP contribution in [-0.4, -0.2) is 13.1 Å². The molecule has 1 heterocycles. The second-order valence-electron chi connectivity index (χ2n) is 5.23. The van der Waals surface area contributed by atoms with Crippen LogP contribution < -0.4 is 5.32 Å². The van der Waals surface area contributed by atoms with Crippen LogP contribution in [0.5, 0.6) is 0 Å². The Hall–Kier alpha value is -1.34. The summed E-state index contributed by atoms with van der Waals surface area (Å²) in [6.07, 6.45) is 1.18.